The van der Waals surface area contributed by atoms with Gasteiger partial charge in [-0.3, -0.25) is 0 Å². The molecule has 0 spiro atoms. The zero-order valence-electron chi connectivity index (χ0n) is 20.3. The van der Waals surface area contributed by atoms with E-state index in [1.54, 1.807) is 97.9 Å². The van der Waals surface area contributed by atoms with Crippen LogP contribution in [0.3, 0.4) is 0 Å². The molecule has 0 unspecified atom stereocenters. The van der Waals surface area contributed by atoms with Crippen molar-refractivity contribution in [3.8, 4) is 0 Å². The Morgan fingerprint density at radius 1 is 0.469 bits per heavy atom. The van der Waals surface area contributed by atoms with Crippen LogP contribution in [0.15, 0.2) is 106 Å². The Kier molecular flexibility index (Phi) is 18.0. The molecule has 0 saturated heterocycles. The Balaban J connectivity index is 0. The van der Waals surface area contributed by atoms with E-state index < -0.39 is 19.7 Å². The molecule has 32 heavy (non-hydrogen) atoms. The highest BCUT2D eigenvalue weighted by molar-refractivity contribution is 7.91. The summed E-state index contributed by atoms with van der Waals surface area (Å²) >= 11 is 0. The Morgan fingerprint density at radius 2 is 0.719 bits per heavy atom. The van der Waals surface area contributed by atoms with Crippen LogP contribution in [0.4, 0.5) is 0 Å². The van der Waals surface area contributed by atoms with Crippen molar-refractivity contribution in [3.05, 3.63) is 91.0 Å². The van der Waals surface area contributed by atoms with Crippen molar-refractivity contribution in [2.45, 2.75) is 63.2 Å². The molecule has 3 aromatic rings. The van der Waals surface area contributed by atoms with Crippen LogP contribution in [-0.4, -0.2) is 22.6 Å². The van der Waals surface area contributed by atoms with Gasteiger partial charge in [0, 0.05) is 0 Å². The molecule has 0 saturated carbocycles. The fraction of sp³-hybridized carbons (Fsp3) is 0.308. The molecule has 0 amide bonds. The zero-order chi connectivity index (χ0) is 25.0. The third kappa shape index (κ3) is 10.7. The molecule has 178 valence electrons. The van der Waals surface area contributed by atoms with Crippen LogP contribution in [-0.2, 0) is 19.7 Å². The van der Waals surface area contributed by atoms with E-state index in [2.05, 4.69) is 0 Å². The van der Waals surface area contributed by atoms with Crippen molar-refractivity contribution in [1.82, 2.24) is 0 Å². The Labute approximate surface area is 196 Å². The maximum atomic E-state index is 12.0. The third-order valence-corrected chi connectivity index (χ3v) is 7.13. The molecule has 0 heterocycles. The summed E-state index contributed by atoms with van der Waals surface area (Å²) in [6, 6.07) is 25.3. The van der Waals surface area contributed by atoms with Gasteiger partial charge in [0.2, 0.25) is 9.84 Å². The number of sulfone groups is 2. The van der Waals surface area contributed by atoms with Gasteiger partial charge in [-0.2, -0.15) is 0 Å². The zero-order valence-corrected chi connectivity index (χ0v) is 21.9. The highest BCUT2D eigenvalue weighted by atomic mass is 32.2. The van der Waals surface area contributed by atoms with E-state index in [1.807, 2.05) is 41.5 Å². The Morgan fingerprint density at radius 3 is 0.969 bits per heavy atom. The average molecular weight is 479 g/mol. The molecular weight excluding hydrogens is 440 g/mol. The van der Waals surface area contributed by atoms with E-state index in [4.69, 9.17) is 0 Å². The molecule has 0 aliphatic heterocycles. The first-order valence-corrected chi connectivity index (χ1v) is 14.1. The lowest BCUT2D eigenvalue weighted by Gasteiger charge is -2.03. The van der Waals surface area contributed by atoms with E-state index in [0.29, 0.717) is 14.7 Å². The van der Waals surface area contributed by atoms with Gasteiger partial charge in [-0.25, -0.2) is 16.8 Å². The first-order valence-electron chi connectivity index (χ1n) is 11.0. The monoisotopic (exact) mass is 478 g/mol. The minimum atomic E-state index is -3.34. The minimum Gasteiger partial charge on any atom is -0.224 e. The third-order valence-electron chi connectivity index (χ3n) is 3.59. The van der Waals surface area contributed by atoms with E-state index in [0.717, 1.165) is 0 Å². The fourth-order valence-corrected chi connectivity index (χ4v) is 4.34. The molecule has 4 nitrogen and oxygen atoms in total. The normalized spacial score (nSPS) is 9.72. The molecule has 0 aromatic heterocycles. The largest absolute Gasteiger partial charge is 0.224 e. The van der Waals surface area contributed by atoms with Crippen molar-refractivity contribution in [2.24, 2.45) is 0 Å². The smallest absolute Gasteiger partial charge is 0.206 e. The van der Waals surface area contributed by atoms with Gasteiger partial charge in [0.15, 0.2) is 9.84 Å². The van der Waals surface area contributed by atoms with E-state index >= 15 is 0 Å². The molecule has 0 radical (unpaired) electrons. The lowest BCUT2D eigenvalue weighted by molar-refractivity contribution is 0.595. The van der Waals surface area contributed by atoms with Crippen LogP contribution >= 0.6 is 0 Å². The molecule has 0 atom stereocenters. The maximum absolute atomic E-state index is 12.0. The minimum absolute atomic E-state index is 0.164. The molecule has 0 aliphatic rings. The number of hydrogen-bond donors (Lipinski definition) is 0. The second kappa shape index (κ2) is 18.2. The van der Waals surface area contributed by atoms with Crippen LogP contribution < -0.4 is 0 Å². The lowest BCUT2D eigenvalue weighted by Crippen LogP contribution is -2.02. The van der Waals surface area contributed by atoms with Gasteiger partial charge >= 0.3 is 0 Å². The highest BCUT2D eigenvalue weighted by Crippen LogP contribution is 2.19. The van der Waals surface area contributed by atoms with Crippen LogP contribution in [0.1, 0.15) is 48.5 Å². The van der Waals surface area contributed by atoms with E-state index in [1.165, 1.54) is 0 Å². The Bertz CT molecular complexity index is 969. The SMILES string of the molecule is CC.CC.CC.CCS(=O)(=O)c1ccccc1.O=S(=O)(c1ccccc1)c1ccccc1. The summed E-state index contributed by atoms with van der Waals surface area (Å²) in [6.07, 6.45) is 0. The van der Waals surface area contributed by atoms with Crippen LogP contribution in [0.2, 0.25) is 0 Å². The Hall–Kier alpha value is -2.44. The summed E-state index contributed by atoms with van der Waals surface area (Å²) in [5.41, 5.74) is 0. The van der Waals surface area contributed by atoms with E-state index in [-0.39, 0.29) is 5.75 Å². The summed E-state index contributed by atoms with van der Waals surface area (Å²) < 4.78 is 46.5. The van der Waals surface area contributed by atoms with Gasteiger partial charge in [-0.15, -0.1) is 0 Å². The van der Waals surface area contributed by atoms with Crippen molar-refractivity contribution in [1.29, 1.82) is 0 Å². The number of benzene rings is 3. The second-order valence-electron chi connectivity index (χ2n) is 5.35. The highest BCUT2D eigenvalue weighted by Gasteiger charge is 2.15. The molecule has 3 rings (SSSR count). The summed E-state index contributed by atoms with van der Waals surface area (Å²) in [6.45, 7) is 13.6. The van der Waals surface area contributed by atoms with Gasteiger partial charge in [-0.05, 0) is 36.4 Å². The quantitative estimate of drug-likeness (QED) is 0.402. The van der Waals surface area contributed by atoms with Crippen molar-refractivity contribution in [2.75, 3.05) is 5.75 Å². The van der Waals surface area contributed by atoms with Crippen LogP contribution in [0.25, 0.3) is 0 Å². The van der Waals surface area contributed by atoms with Crippen molar-refractivity contribution >= 4 is 19.7 Å². The first-order chi connectivity index (χ1) is 15.4. The predicted octanol–water partition coefficient (Wildman–Crippen LogP) is 7.08. The van der Waals surface area contributed by atoms with Gasteiger partial charge in [0.05, 0.1) is 20.4 Å². The fourth-order valence-electron chi connectivity index (χ4n) is 2.13. The summed E-state index contributed by atoms with van der Waals surface area (Å²) in [7, 11) is -6.34. The maximum Gasteiger partial charge on any atom is 0.206 e. The van der Waals surface area contributed by atoms with Gasteiger partial charge in [0.1, 0.15) is 0 Å². The van der Waals surface area contributed by atoms with Crippen LogP contribution in [0.5, 0.6) is 0 Å². The summed E-state index contributed by atoms with van der Waals surface area (Å²) in [5, 5.41) is 0. The average Bonchev–Trinajstić information content (AvgIpc) is 2.89. The van der Waals surface area contributed by atoms with Crippen molar-refractivity contribution < 1.29 is 16.8 Å². The molecular formula is C26H38O4S2. The topological polar surface area (TPSA) is 68.3 Å². The summed E-state index contributed by atoms with van der Waals surface area (Å²) in [5.74, 6) is 0.164. The molecule has 0 fully saturated rings. The predicted molar refractivity (Wildman–Crippen MR) is 137 cm³/mol. The first kappa shape index (κ1) is 31.7. The molecule has 3 aromatic carbocycles. The second-order valence-corrected chi connectivity index (χ2v) is 9.57. The van der Waals surface area contributed by atoms with E-state index in [9.17, 15) is 16.8 Å². The van der Waals surface area contributed by atoms with Crippen molar-refractivity contribution in [3.63, 3.8) is 0 Å². The molecule has 6 heteroatoms. The van der Waals surface area contributed by atoms with Gasteiger partial charge < -0.3 is 0 Å². The van der Waals surface area contributed by atoms with Gasteiger partial charge in [-0.1, -0.05) is 103 Å². The molecule has 0 aliphatic carbocycles. The van der Waals surface area contributed by atoms with Crippen LogP contribution in [0, 0.1) is 0 Å². The molecule has 0 N–H and O–H groups in total. The molecule has 0 bridgehead atoms. The number of rotatable bonds is 4. The summed E-state index contributed by atoms with van der Waals surface area (Å²) in [4.78, 5) is 1.06. The lowest BCUT2D eigenvalue weighted by atomic mass is 10.4. The van der Waals surface area contributed by atoms with Gasteiger partial charge in [0.25, 0.3) is 0 Å². The number of hydrogen-bond acceptors (Lipinski definition) is 4. The standard InChI is InChI=1S/C12H10O2S.C8H10O2S.3C2H6/c13-15(14,11-7-3-1-4-8-11)12-9-5-2-6-10-12;1-2-11(9,10)8-6-4-3-5-7-8;3*1-2/h1-10H;3-7H,2H2,1H3;3*1-2H3.